The maximum Gasteiger partial charge on any atom is 0.272 e. The third-order valence-electron chi connectivity index (χ3n) is 7.22. The molecule has 1 saturated heterocycles. The van der Waals surface area contributed by atoms with Gasteiger partial charge in [-0.3, -0.25) is 19.1 Å². The second-order valence-corrected chi connectivity index (χ2v) is 9.97. The number of carbonyl (C=O) groups excluding carboxylic acids is 3. The Morgan fingerprint density at radius 1 is 1.18 bits per heavy atom. The van der Waals surface area contributed by atoms with Crippen LogP contribution in [0.25, 0.3) is 0 Å². The third-order valence-corrected chi connectivity index (χ3v) is 7.22. The van der Waals surface area contributed by atoms with Crippen molar-refractivity contribution in [2.45, 2.75) is 44.8 Å². The molecular weight excluding hydrogens is 487 g/mol. The zero-order valence-corrected chi connectivity index (χ0v) is 21.3. The highest BCUT2D eigenvalue weighted by molar-refractivity contribution is 5.96. The van der Waals surface area contributed by atoms with Gasteiger partial charge in [0.05, 0.1) is 13.1 Å². The number of benzene rings is 1. The monoisotopic (exact) mass is 518 g/mol. The number of aromatic amines is 1. The molecule has 3 aromatic rings. The molecule has 2 N–H and O–H groups in total. The lowest BCUT2D eigenvalue weighted by Gasteiger charge is -2.33. The molecule has 0 aliphatic carbocycles. The average Bonchev–Trinajstić information content (AvgIpc) is 3.58. The number of hydrogen-bond acceptors (Lipinski definition) is 4. The molecule has 1 fully saturated rings. The summed E-state index contributed by atoms with van der Waals surface area (Å²) in [4.78, 5) is 45.2. The number of likely N-dealkylation sites (tertiary alicyclic amines) is 1. The van der Waals surface area contributed by atoms with Gasteiger partial charge < -0.3 is 20.1 Å². The Labute approximate surface area is 220 Å². The summed E-state index contributed by atoms with van der Waals surface area (Å²) >= 11 is 0. The predicted molar refractivity (Wildman–Crippen MR) is 139 cm³/mol. The summed E-state index contributed by atoms with van der Waals surface area (Å²) in [6, 6.07) is 9.49. The molecule has 4 heterocycles. The van der Waals surface area contributed by atoms with Gasteiger partial charge >= 0.3 is 0 Å². The smallest absolute Gasteiger partial charge is 0.272 e. The van der Waals surface area contributed by atoms with E-state index in [1.165, 1.54) is 18.2 Å². The van der Waals surface area contributed by atoms with Crippen LogP contribution in [0, 0.1) is 5.82 Å². The van der Waals surface area contributed by atoms with Crippen molar-refractivity contribution in [1.82, 2.24) is 29.9 Å². The van der Waals surface area contributed by atoms with Crippen molar-refractivity contribution in [3.63, 3.8) is 0 Å². The molecule has 2 unspecified atom stereocenters. The fraction of sp³-hybridized carbons (Fsp3) is 0.357. The first-order valence-corrected chi connectivity index (χ1v) is 12.8. The van der Waals surface area contributed by atoms with Gasteiger partial charge in [-0.05, 0) is 48.7 Å². The number of aromatic nitrogens is 3. The Kier molecular flexibility index (Phi) is 7.13. The van der Waals surface area contributed by atoms with Crippen LogP contribution in [-0.2, 0) is 17.9 Å². The minimum atomic E-state index is -0.335. The van der Waals surface area contributed by atoms with E-state index in [1.54, 1.807) is 44.9 Å². The zero-order chi connectivity index (χ0) is 26.8. The zero-order valence-electron chi connectivity index (χ0n) is 21.3. The summed E-state index contributed by atoms with van der Waals surface area (Å²) in [7, 11) is 0. The highest BCUT2D eigenvalue weighted by atomic mass is 19.1. The first kappa shape index (κ1) is 25.4. The molecule has 2 aliphatic heterocycles. The topological polar surface area (TPSA) is 103 Å². The highest BCUT2D eigenvalue weighted by Crippen LogP contribution is 2.32. The van der Waals surface area contributed by atoms with E-state index in [2.05, 4.69) is 16.9 Å². The van der Waals surface area contributed by atoms with Crippen molar-refractivity contribution in [2.75, 3.05) is 19.6 Å². The number of carbonyl (C=O) groups is 3. The second-order valence-electron chi connectivity index (χ2n) is 9.97. The number of nitrogens with one attached hydrogen (secondary N) is 2. The SMILES string of the molecule is C=CC(=O)N1CCCC(NC(=O)c2nn(Cc3ccc(F)cc3)c3c2CN(C(=O)c2ccc[nH]2)CC3C)C1. The van der Waals surface area contributed by atoms with Gasteiger partial charge in [-0.15, -0.1) is 0 Å². The minimum Gasteiger partial charge on any atom is -0.357 e. The van der Waals surface area contributed by atoms with Crippen molar-refractivity contribution in [3.8, 4) is 0 Å². The van der Waals surface area contributed by atoms with E-state index < -0.39 is 0 Å². The standard InChI is InChI=1S/C28H31FN6O3/c1-3-24(36)33-13-5-6-21(16-33)31-27(37)25-22-17-34(28(38)23-7-4-12-30-23)14-18(2)26(22)35(32-25)15-19-8-10-20(29)11-9-19/h3-4,7-12,18,21,30H,1,5-6,13-17H2,2H3,(H,31,37). The molecule has 2 aliphatic rings. The summed E-state index contributed by atoms with van der Waals surface area (Å²) < 4.78 is 15.3. The van der Waals surface area contributed by atoms with E-state index in [1.807, 2.05) is 6.92 Å². The van der Waals surface area contributed by atoms with Gasteiger partial charge in [0, 0.05) is 49.0 Å². The van der Waals surface area contributed by atoms with Crippen LogP contribution < -0.4 is 5.32 Å². The number of hydrogen-bond donors (Lipinski definition) is 2. The maximum atomic E-state index is 13.6. The lowest BCUT2D eigenvalue weighted by molar-refractivity contribution is -0.127. The summed E-state index contributed by atoms with van der Waals surface area (Å²) in [5.74, 6) is -1.03. The molecule has 0 bridgehead atoms. The fourth-order valence-electron chi connectivity index (χ4n) is 5.42. The van der Waals surface area contributed by atoms with Crippen LogP contribution >= 0.6 is 0 Å². The summed E-state index contributed by atoms with van der Waals surface area (Å²) in [5, 5.41) is 7.78. The van der Waals surface area contributed by atoms with E-state index in [0.717, 1.165) is 24.1 Å². The molecule has 0 spiro atoms. The maximum absolute atomic E-state index is 13.6. The molecule has 9 nitrogen and oxygen atoms in total. The van der Waals surface area contributed by atoms with Gasteiger partial charge in [0.25, 0.3) is 11.8 Å². The molecule has 2 aromatic heterocycles. The molecular formula is C28H31FN6O3. The predicted octanol–water partition coefficient (Wildman–Crippen LogP) is 3.06. The van der Waals surface area contributed by atoms with Crippen molar-refractivity contribution >= 4 is 17.7 Å². The van der Waals surface area contributed by atoms with Crippen molar-refractivity contribution < 1.29 is 18.8 Å². The molecule has 198 valence electrons. The number of halogens is 1. The van der Waals surface area contributed by atoms with Crippen LogP contribution in [-0.4, -0.2) is 68.0 Å². The molecule has 1 aromatic carbocycles. The largest absolute Gasteiger partial charge is 0.357 e. The van der Waals surface area contributed by atoms with Gasteiger partial charge in [-0.25, -0.2) is 4.39 Å². The molecule has 0 saturated carbocycles. The van der Waals surface area contributed by atoms with Gasteiger partial charge in [-0.2, -0.15) is 5.10 Å². The minimum absolute atomic E-state index is 0.0810. The fourth-order valence-corrected chi connectivity index (χ4v) is 5.42. The number of H-pyrrole nitrogens is 1. The molecule has 3 amide bonds. The van der Waals surface area contributed by atoms with E-state index >= 15 is 0 Å². The Morgan fingerprint density at radius 3 is 2.68 bits per heavy atom. The summed E-state index contributed by atoms with van der Waals surface area (Å²) in [6.45, 7) is 7.70. The Hall–Kier alpha value is -4.21. The second kappa shape index (κ2) is 10.6. The number of fused-ring (bicyclic) bond motifs is 1. The van der Waals surface area contributed by atoms with Crippen molar-refractivity contribution in [1.29, 1.82) is 0 Å². The van der Waals surface area contributed by atoms with Crippen LogP contribution in [0.1, 0.15) is 63.5 Å². The lowest BCUT2D eigenvalue weighted by atomic mass is 9.95. The Balaban J connectivity index is 1.45. The number of amides is 3. The van der Waals surface area contributed by atoms with Gasteiger partial charge in [0.15, 0.2) is 5.69 Å². The van der Waals surface area contributed by atoms with Crippen LogP contribution in [0.4, 0.5) is 4.39 Å². The Bertz CT molecular complexity index is 1350. The first-order valence-electron chi connectivity index (χ1n) is 12.8. The average molecular weight is 519 g/mol. The van der Waals surface area contributed by atoms with Crippen LogP contribution in [0.15, 0.2) is 55.3 Å². The number of nitrogens with zero attached hydrogens (tertiary/aromatic N) is 4. The first-order chi connectivity index (χ1) is 18.3. The van der Waals surface area contributed by atoms with Gasteiger partial charge in [-0.1, -0.05) is 25.6 Å². The molecule has 10 heteroatoms. The normalized spacial score (nSPS) is 19.1. The molecule has 5 rings (SSSR count). The summed E-state index contributed by atoms with van der Waals surface area (Å²) in [5.41, 5.74) is 3.21. The highest BCUT2D eigenvalue weighted by Gasteiger charge is 2.35. The Morgan fingerprint density at radius 2 is 1.97 bits per heavy atom. The van der Waals surface area contributed by atoms with Crippen LogP contribution in [0.3, 0.4) is 0 Å². The quantitative estimate of drug-likeness (QED) is 0.490. The molecule has 0 radical (unpaired) electrons. The van der Waals surface area contributed by atoms with E-state index in [4.69, 9.17) is 5.10 Å². The lowest BCUT2D eigenvalue weighted by Crippen LogP contribution is -2.49. The van der Waals surface area contributed by atoms with Crippen LogP contribution in [0.2, 0.25) is 0 Å². The number of rotatable bonds is 6. The number of piperidine rings is 1. The van der Waals surface area contributed by atoms with E-state index in [9.17, 15) is 18.8 Å². The van der Waals surface area contributed by atoms with Gasteiger partial charge in [0.2, 0.25) is 5.91 Å². The molecule has 2 atom stereocenters. The van der Waals surface area contributed by atoms with Gasteiger partial charge in [0.1, 0.15) is 11.5 Å². The summed E-state index contributed by atoms with van der Waals surface area (Å²) in [6.07, 6.45) is 4.52. The van der Waals surface area contributed by atoms with Crippen molar-refractivity contribution in [3.05, 3.63) is 89.3 Å². The van der Waals surface area contributed by atoms with Crippen LogP contribution in [0.5, 0.6) is 0 Å². The van der Waals surface area contributed by atoms with E-state index in [-0.39, 0.29) is 47.7 Å². The van der Waals surface area contributed by atoms with Crippen molar-refractivity contribution in [2.24, 2.45) is 0 Å². The third kappa shape index (κ3) is 5.11. The van der Waals surface area contributed by atoms with E-state index in [0.29, 0.717) is 37.4 Å². The molecule has 38 heavy (non-hydrogen) atoms.